The fourth-order valence-electron chi connectivity index (χ4n) is 2.43. The number of nitrogens with one attached hydrogen (secondary N) is 1. The van der Waals surface area contributed by atoms with Gasteiger partial charge in [-0.2, -0.15) is 13.2 Å². The summed E-state index contributed by atoms with van der Waals surface area (Å²) < 4.78 is 36.3. The van der Waals surface area contributed by atoms with Crippen LogP contribution >= 0.6 is 0 Å². The summed E-state index contributed by atoms with van der Waals surface area (Å²) in [5, 5.41) is 11.4. The zero-order valence-electron chi connectivity index (χ0n) is 9.39. The van der Waals surface area contributed by atoms with Crippen LogP contribution in [0.1, 0.15) is 38.5 Å². The molecular formula is C11H20F3NO. The van der Waals surface area contributed by atoms with E-state index < -0.39 is 12.7 Å². The van der Waals surface area contributed by atoms with Crippen LogP contribution in [0.2, 0.25) is 0 Å². The Morgan fingerprint density at radius 1 is 1.19 bits per heavy atom. The summed E-state index contributed by atoms with van der Waals surface area (Å²) in [6.07, 6.45) is 1.59. The Hall–Kier alpha value is -0.290. The molecule has 1 saturated carbocycles. The van der Waals surface area contributed by atoms with Crippen molar-refractivity contribution in [1.29, 1.82) is 0 Å². The van der Waals surface area contributed by atoms with Crippen molar-refractivity contribution in [3.63, 3.8) is 0 Å². The van der Waals surface area contributed by atoms with Crippen LogP contribution in [0.3, 0.4) is 0 Å². The third-order valence-corrected chi connectivity index (χ3v) is 3.22. The van der Waals surface area contributed by atoms with Crippen LogP contribution in [0.15, 0.2) is 0 Å². The van der Waals surface area contributed by atoms with Gasteiger partial charge in [0.05, 0.1) is 6.54 Å². The molecule has 5 heteroatoms. The first-order valence-corrected chi connectivity index (χ1v) is 5.94. The zero-order valence-corrected chi connectivity index (χ0v) is 9.39. The molecule has 0 spiro atoms. The SMILES string of the molecule is OCCC(NCC(F)(F)F)C1CCCCC1. The predicted octanol–water partition coefficient (Wildman–Crippen LogP) is 2.47. The number of rotatable bonds is 5. The van der Waals surface area contributed by atoms with E-state index in [1.54, 1.807) is 0 Å². The highest BCUT2D eigenvalue weighted by Gasteiger charge is 2.30. The highest BCUT2D eigenvalue weighted by atomic mass is 19.4. The summed E-state index contributed by atoms with van der Waals surface area (Å²) in [6, 6.07) is -0.188. The van der Waals surface area contributed by atoms with Crippen LogP contribution in [-0.2, 0) is 0 Å². The first-order chi connectivity index (χ1) is 7.53. The van der Waals surface area contributed by atoms with Crippen LogP contribution in [0.5, 0.6) is 0 Å². The molecule has 1 rings (SSSR count). The average Bonchev–Trinajstić information content (AvgIpc) is 2.24. The molecule has 1 aliphatic rings. The number of hydrogen-bond acceptors (Lipinski definition) is 2. The Balaban J connectivity index is 2.39. The maximum Gasteiger partial charge on any atom is 0.401 e. The van der Waals surface area contributed by atoms with Crippen molar-refractivity contribution >= 4 is 0 Å². The molecule has 0 amide bonds. The van der Waals surface area contributed by atoms with Gasteiger partial charge in [-0.25, -0.2) is 0 Å². The lowest BCUT2D eigenvalue weighted by molar-refractivity contribution is -0.127. The third-order valence-electron chi connectivity index (χ3n) is 3.22. The Bertz CT molecular complexity index is 190. The van der Waals surface area contributed by atoms with Crippen molar-refractivity contribution in [1.82, 2.24) is 5.32 Å². The summed E-state index contributed by atoms with van der Waals surface area (Å²) >= 11 is 0. The van der Waals surface area contributed by atoms with Gasteiger partial charge in [-0.1, -0.05) is 19.3 Å². The van der Waals surface area contributed by atoms with E-state index in [1.165, 1.54) is 6.42 Å². The van der Waals surface area contributed by atoms with E-state index in [0.717, 1.165) is 25.7 Å². The van der Waals surface area contributed by atoms with Crippen LogP contribution in [0.25, 0.3) is 0 Å². The van der Waals surface area contributed by atoms with Gasteiger partial charge in [0.15, 0.2) is 0 Å². The molecule has 0 bridgehead atoms. The second-order valence-electron chi connectivity index (χ2n) is 4.51. The monoisotopic (exact) mass is 239 g/mol. The van der Waals surface area contributed by atoms with Gasteiger partial charge >= 0.3 is 6.18 Å². The molecular weight excluding hydrogens is 219 g/mol. The van der Waals surface area contributed by atoms with E-state index >= 15 is 0 Å². The predicted molar refractivity (Wildman–Crippen MR) is 56.1 cm³/mol. The van der Waals surface area contributed by atoms with Crippen LogP contribution in [0.4, 0.5) is 13.2 Å². The summed E-state index contributed by atoms with van der Waals surface area (Å²) in [7, 11) is 0. The highest BCUT2D eigenvalue weighted by molar-refractivity contribution is 4.80. The van der Waals surface area contributed by atoms with Crippen LogP contribution in [0, 0.1) is 5.92 Å². The number of aliphatic hydroxyl groups is 1. The number of aliphatic hydroxyl groups excluding tert-OH is 1. The standard InChI is InChI=1S/C11H20F3NO/c12-11(13,14)8-15-10(6-7-16)9-4-2-1-3-5-9/h9-10,15-16H,1-8H2. The minimum atomic E-state index is -4.16. The first kappa shape index (κ1) is 13.8. The smallest absolute Gasteiger partial charge is 0.396 e. The molecule has 2 N–H and O–H groups in total. The average molecular weight is 239 g/mol. The van der Waals surface area contributed by atoms with Gasteiger partial charge in [0.2, 0.25) is 0 Å². The molecule has 0 aromatic rings. The third kappa shape index (κ3) is 5.16. The maximum atomic E-state index is 12.1. The van der Waals surface area contributed by atoms with Gasteiger partial charge in [0.25, 0.3) is 0 Å². The van der Waals surface area contributed by atoms with Gasteiger partial charge in [0.1, 0.15) is 0 Å². The topological polar surface area (TPSA) is 32.3 Å². The second kappa shape index (κ2) is 6.45. The molecule has 0 radical (unpaired) electrons. The lowest BCUT2D eigenvalue weighted by Crippen LogP contribution is -2.42. The van der Waals surface area contributed by atoms with E-state index in [-0.39, 0.29) is 12.6 Å². The Kier molecular flexibility index (Phi) is 5.55. The summed E-state index contributed by atoms with van der Waals surface area (Å²) in [4.78, 5) is 0. The minimum absolute atomic E-state index is 0.0496. The molecule has 1 atom stereocenters. The first-order valence-electron chi connectivity index (χ1n) is 5.94. The molecule has 0 aromatic heterocycles. The molecule has 1 unspecified atom stereocenters. The van der Waals surface area contributed by atoms with Crippen LogP contribution < -0.4 is 5.32 Å². The quantitative estimate of drug-likeness (QED) is 0.772. The van der Waals surface area contributed by atoms with E-state index in [0.29, 0.717) is 12.3 Å². The summed E-state index contributed by atoms with van der Waals surface area (Å²) in [6.45, 7) is -1.000. The fraction of sp³-hybridized carbons (Fsp3) is 1.00. The normalized spacial score (nSPS) is 21.0. The minimum Gasteiger partial charge on any atom is -0.396 e. The highest BCUT2D eigenvalue weighted by Crippen LogP contribution is 2.28. The van der Waals surface area contributed by atoms with Gasteiger partial charge < -0.3 is 10.4 Å². The molecule has 16 heavy (non-hydrogen) atoms. The van der Waals surface area contributed by atoms with Crippen LogP contribution in [-0.4, -0.2) is 30.5 Å². The molecule has 1 fully saturated rings. The number of halogens is 3. The maximum absolute atomic E-state index is 12.1. The van der Waals surface area contributed by atoms with Crippen molar-refractivity contribution in [3.8, 4) is 0 Å². The van der Waals surface area contributed by atoms with E-state index in [9.17, 15) is 13.2 Å². The molecule has 0 aromatic carbocycles. The van der Waals surface area contributed by atoms with E-state index in [4.69, 9.17) is 5.11 Å². The van der Waals surface area contributed by atoms with Gasteiger partial charge in [0, 0.05) is 12.6 Å². The van der Waals surface area contributed by atoms with Gasteiger partial charge in [-0.15, -0.1) is 0 Å². The Morgan fingerprint density at radius 2 is 1.81 bits per heavy atom. The van der Waals surface area contributed by atoms with Gasteiger partial charge in [-0.05, 0) is 25.2 Å². The molecule has 2 nitrogen and oxygen atoms in total. The van der Waals surface area contributed by atoms with Crippen molar-refractivity contribution in [2.24, 2.45) is 5.92 Å². The number of alkyl halides is 3. The zero-order chi connectivity index (χ0) is 12.0. The summed E-state index contributed by atoms with van der Waals surface area (Å²) in [5.74, 6) is 0.295. The van der Waals surface area contributed by atoms with E-state index in [2.05, 4.69) is 5.32 Å². The van der Waals surface area contributed by atoms with Gasteiger partial charge in [-0.3, -0.25) is 0 Å². The molecule has 1 aliphatic carbocycles. The Morgan fingerprint density at radius 3 is 2.31 bits per heavy atom. The van der Waals surface area contributed by atoms with E-state index in [1.807, 2.05) is 0 Å². The lowest BCUT2D eigenvalue weighted by Gasteiger charge is -2.31. The van der Waals surface area contributed by atoms with Crippen molar-refractivity contribution in [2.75, 3.05) is 13.2 Å². The second-order valence-corrected chi connectivity index (χ2v) is 4.51. The molecule has 0 saturated heterocycles. The Labute approximate surface area is 94.2 Å². The van der Waals surface area contributed by atoms with Crippen molar-refractivity contribution in [3.05, 3.63) is 0 Å². The van der Waals surface area contributed by atoms with Crippen molar-refractivity contribution < 1.29 is 18.3 Å². The fourth-order valence-corrected chi connectivity index (χ4v) is 2.43. The van der Waals surface area contributed by atoms with Crippen molar-refractivity contribution in [2.45, 2.75) is 50.7 Å². The lowest BCUT2D eigenvalue weighted by atomic mass is 9.83. The molecule has 0 aliphatic heterocycles. The summed E-state index contributed by atoms with van der Waals surface area (Å²) in [5.41, 5.74) is 0. The molecule has 0 heterocycles. The largest absolute Gasteiger partial charge is 0.401 e. The molecule has 96 valence electrons. The number of hydrogen-bond donors (Lipinski definition) is 2.